The molecule has 0 bridgehead atoms. The highest BCUT2D eigenvalue weighted by atomic mass is 35.5. The minimum atomic E-state index is -0.467. The van der Waals surface area contributed by atoms with Crippen LogP contribution < -0.4 is 10.2 Å². The summed E-state index contributed by atoms with van der Waals surface area (Å²) in [7, 11) is 0. The number of hydrogen-bond acceptors (Lipinski definition) is 3. The first-order valence-electron chi connectivity index (χ1n) is 15.4. The van der Waals surface area contributed by atoms with Crippen molar-refractivity contribution in [2.45, 2.75) is 38.6 Å². The second-order valence-corrected chi connectivity index (χ2v) is 11.8. The first-order valence-corrected chi connectivity index (χ1v) is 15.7. The molecule has 0 saturated heterocycles. The second kappa shape index (κ2) is 13.8. The van der Waals surface area contributed by atoms with Gasteiger partial charge in [0.15, 0.2) is 0 Å². The predicted molar refractivity (Wildman–Crippen MR) is 180 cm³/mol. The number of rotatable bonds is 11. The van der Waals surface area contributed by atoms with Crippen LogP contribution in [0.1, 0.15) is 59.4 Å². The zero-order valence-corrected chi connectivity index (χ0v) is 26.0. The number of H-pyrrole nitrogens is 1. The van der Waals surface area contributed by atoms with Crippen LogP contribution in [-0.2, 0) is 17.6 Å². The topological polar surface area (TPSA) is 81.3 Å². The Labute approximate surface area is 268 Å². The number of aromatic nitrogens is 2. The van der Waals surface area contributed by atoms with Crippen LogP contribution in [0.3, 0.4) is 0 Å². The highest BCUT2D eigenvalue weighted by Crippen LogP contribution is 2.42. The Morgan fingerprint density at radius 2 is 1.71 bits per heavy atom. The molecular formula is C37H36ClN5O2. The van der Waals surface area contributed by atoms with E-state index in [1.165, 1.54) is 0 Å². The molecule has 0 spiro atoms. The van der Waals surface area contributed by atoms with Crippen molar-refractivity contribution in [2.24, 2.45) is 0 Å². The lowest BCUT2D eigenvalue weighted by molar-refractivity contribution is -0.117. The van der Waals surface area contributed by atoms with E-state index in [9.17, 15) is 9.59 Å². The van der Waals surface area contributed by atoms with Gasteiger partial charge < -0.3 is 15.2 Å². The number of fused-ring (bicyclic) bond motifs is 1. The molecule has 1 atom stereocenters. The molecule has 1 aromatic heterocycles. The highest BCUT2D eigenvalue weighted by molar-refractivity contribution is 6.30. The number of carbonyl (C=O) groups is 2. The summed E-state index contributed by atoms with van der Waals surface area (Å²) in [5, 5.41) is 3.76. The molecule has 0 aliphatic carbocycles. The highest BCUT2D eigenvalue weighted by Gasteiger charge is 2.39. The van der Waals surface area contributed by atoms with Crippen LogP contribution in [0.5, 0.6) is 0 Å². The van der Waals surface area contributed by atoms with E-state index in [2.05, 4.69) is 46.5 Å². The van der Waals surface area contributed by atoms with Crippen LogP contribution in [0.15, 0.2) is 109 Å². The number of aromatic amines is 1. The molecule has 7 nitrogen and oxygen atoms in total. The van der Waals surface area contributed by atoms with Gasteiger partial charge in [0, 0.05) is 41.6 Å². The van der Waals surface area contributed by atoms with E-state index < -0.39 is 6.04 Å². The van der Waals surface area contributed by atoms with E-state index in [0.29, 0.717) is 24.4 Å². The average molecular weight is 618 g/mol. The van der Waals surface area contributed by atoms with Gasteiger partial charge in [0.1, 0.15) is 12.4 Å². The fraction of sp³-hybridized carbons (Fsp3) is 0.216. The molecular weight excluding hydrogens is 582 g/mol. The number of urea groups is 1. The van der Waals surface area contributed by atoms with E-state index in [4.69, 9.17) is 11.6 Å². The predicted octanol–water partition coefficient (Wildman–Crippen LogP) is 8.01. The van der Waals surface area contributed by atoms with Gasteiger partial charge in [-0.15, -0.1) is 0 Å². The molecule has 8 heteroatoms. The maximum absolute atomic E-state index is 14.2. The quantitative estimate of drug-likeness (QED) is 0.157. The molecule has 6 rings (SSSR count). The van der Waals surface area contributed by atoms with Gasteiger partial charge in [-0.25, -0.2) is 9.78 Å². The Morgan fingerprint density at radius 3 is 2.44 bits per heavy atom. The molecule has 228 valence electrons. The summed E-state index contributed by atoms with van der Waals surface area (Å²) in [5.41, 5.74) is 6.53. The Kier molecular flexibility index (Phi) is 9.27. The number of nitrogens with one attached hydrogen (secondary N) is 2. The zero-order chi connectivity index (χ0) is 31.2. The summed E-state index contributed by atoms with van der Waals surface area (Å²) in [6.45, 7) is 2.53. The van der Waals surface area contributed by atoms with Crippen molar-refractivity contribution in [3.63, 3.8) is 0 Å². The molecule has 5 aromatic rings. The lowest BCUT2D eigenvalue weighted by Crippen LogP contribution is -2.52. The monoisotopic (exact) mass is 617 g/mol. The lowest BCUT2D eigenvalue weighted by Gasteiger charge is -2.43. The van der Waals surface area contributed by atoms with E-state index >= 15 is 0 Å². The number of unbranched alkanes of at least 4 members (excludes halogenated alkanes) is 1. The van der Waals surface area contributed by atoms with Gasteiger partial charge in [-0.05, 0) is 59.4 Å². The number of halogens is 1. The third-order valence-electron chi connectivity index (χ3n) is 8.14. The molecule has 2 N–H and O–H groups in total. The fourth-order valence-corrected chi connectivity index (χ4v) is 6.15. The summed E-state index contributed by atoms with van der Waals surface area (Å²) in [4.78, 5) is 39.2. The summed E-state index contributed by atoms with van der Waals surface area (Å²) < 4.78 is 0. The van der Waals surface area contributed by atoms with Gasteiger partial charge in [-0.1, -0.05) is 97.7 Å². The van der Waals surface area contributed by atoms with Gasteiger partial charge in [-0.3, -0.25) is 9.69 Å². The number of benzene rings is 4. The third kappa shape index (κ3) is 6.94. The third-order valence-corrected chi connectivity index (χ3v) is 8.38. The van der Waals surface area contributed by atoms with E-state index in [1.807, 2.05) is 72.8 Å². The summed E-state index contributed by atoms with van der Waals surface area (Å²) >= 11 is 6.52. The van der Waals surface area contributed by atoms with Crippen LogP contribution in [-0.4, -0.2) is 39.9 Å². The SMILES string of the molecule is CCCCN1C(=O)N(CC(=O)Nc2cc(Cc3ncc[nH]3)ccc2Cc2ccccc2)C(c2ccccc2)c2cc(Cl)ccc21. The first kappa shape index (κ1) is 30.2. The first-order chi connectivity index (χ1) is 22.0. The molecule has 1 unspecified atom stereocenters. The molecule has 2 heterocycles. The van der Waals surface area contributed by atoms with Crippen LogP contribution in [0, 0.1) is 0 Å². The maximum atomic E-state index is 14.2. The average Bonchev–Trinajstić information content (AvgIpc) is 3.56. The van der Waals surface area contributed by atoms with Gasteiger partial charge in [0.25, 0.3) is 0 Å². The molecule has 0 saturated carbocycles. The number of nitrogens with zero attached hydrogens (tertiary/aromatic N) is 3. The van der Waals surface area contributed by atoms with Gasteiger partial charge in [0.2, 0.25) is 5.91 Å². The molecule has 0 fully saturated rings. The Balaban J connectivity index is 1.33. The number of carbonyl (C=O) groups excluding carboxylic acids is 2. The summed E-state index contributed by atoms with van der Waals surface area (Å²) in [6, 6.07) is 31.1. The Hall–Kier alpha value is -4.88. The van der Waals surface area contributed by atoms with E-state index in [1.54, 1.807) is 22.2 Å². The lowest BCUT2D eigenvalue weighted by atomic mass is 9.93. The van der Waals surface area contributed by atoms with Crippen molar-refractivity contribution in [1.29, 1.82) is 0 Å². The molecule has 3 amide bonds. The smallest absolute Gasteiger partial charge is 0.325 e. The van der Waals surface area contributed by atoms with Crippen molar-refractivity contribution in [2.75, 3.05) is 23.3 Å². The minimum Gasteiger partial charge on any atom is -0.348 e. The fourth-order valence-electron chi connectivity index (χ4n) is 5.96. The largest absolute Gasteiger partial charge is 0.348 e. The van der Waals surface area contributed by atoms with E-state index in [-0.39, 0.29) is 18.5 Å². The van der Waals surface area contributed by atoms with Gasteiger partial charge >= 0.3 is 6.03 Å². The van der Waals surface area contributed by atoms with Crippen molar-refractivity contribution >= 4 is 34.9 Å². The molecule has 1 aliphatic rings. The molecule has 4 aromatic carbocycles. The summed E-state index contributed by atoms with van der Waals surface area (Å²) in [6.07, 6.45) is 6.57. The zero-order valence-electron chi connectivity index (χ0n) is 25.2. The van der Waals surface area contributed by atoms with Crippen LogP contribution in [0.4, 0.5) is 16.2 Å². The minimum absolute atomic E-state index is 0.125. The van der Waals surface area contributed by atoms with Crippen molar-refractivity contribution < 1.29 is 9.59 Å². The number of hydrogen-bond donors (Lipinski definition) is 2. The number of imidazole rings is 1. The Bertz CT molecular complexity index is 1760. The van der Waals surface area contributed by atoms with Crippen LogP contribution >= 0.6 is 11.6 Å². The normalized spacial score (nSPS) is 14.4. The number of anilines is 2. The molecule has 1 aliphatic heterocycles. The van der Waals surface area contributed by atoms with E-state index in [0.717, 1.165) is 57.9 Å². The second-order valence-electron chi connectivity index (χ2n) is 11.3. The van der Waals surface area contributed by atoms with Crippen molar-refractivity contribution in [3.05, 3.63) is 148 Å². The molecule has 0 radical (unpaired) electrons. The van der Waals surface area contributed by atoms with Crippen LogP contribution in [0.25, 0.3) is 0 Å². The van der Waals surface area contributed by atoms with Gasteiger partial charge in [-0.2, -0.15) is 0 Å². The molecule has 45 heavy (non-hydrogen) atoms. The summed E-state index contributed by atoms with van der Waals surface area (Å²) in [5.74, 6) is 0.576. The van der Waals surface area contributed by atoms with Crippen LogP contribution in [0.2, 0.25) is 5.02 Å². The standard InChI is InChI=1S/C37H36ClN5O2/c1-2-3-20-42-33-17-16-30(38)24-31(33)36(28-12-8-5-9-13-28)43(37(42)45)25-35(44)41-32-22-27(23-34-39-18-19-40-34)14-15-29(32)21-26-10-6-4-7-11-26/h4-19,22,24,36H,2-3,20-21,23,25H2,1H3,(H,39,40)(H,41,44). The Morgan fingerprint density at radius 1 is 0.933 bits per heavy atom. The number of amides is 3. The van der Waals surface area contributed by atoms with Crippen molar-refractivity contribution in [1.82, 2.24) is 14.9 Å². The van der Waals surface area contributed by atoms with Crippen molar-refractivity contribution in [3.8, 4) is 0 Å². The van der Waals surface area contributed by atoms with Gasteiger partial charge in [0.05, 0.1) is 11.7 Å². The maximum Gasteiger partial charge on any atom is 0.325 e.